The number of unbranched alkanes of at least 4 members (excludes halogenated alkanes) is 2. The van der Waals surface area contributed by atoms with E-state index in [2.05, 4.69) is 12.2 Å². The van der Waals surface area contributed by atoms with Crippen molar-refractivity contribution < 1.29 is 9.59 Å². The zero-order valence-corrected chi connectivity index (χ0v) is 18.1. The van der Waals surface area contributed by atoms with E-state index < -0.39 is 0 Å². The molecular weight excluding hydrogens is 402 g/mol. The molecule has 1 amide bonds. The normalized spacial score (nSPS) is 16.3. The first-order valence-electron chi connectivity index (χ1n) is 10.6. The lowest BCUT2D eigenvalue weighted by molar-refractivity contribution is -0.131. The van der Waals surface area contributed by atoms with Crippen LogP contribution in [-0.2, 0) is 22.6 Å². The first-order chi connectivity index (χ1) is 14.5. The van der Waals surface area contributed by atoms with Crippen LogP contribution < -0.4 is 10.9 Å². The summed E-state index contributed by atoms with van der Waals surface area (Å²) < 4.78 is 1.47. The Morgan fingerprint density at radius 2 is 2.00 bits per heavy atom. The molecule has 30 heavy (non-hydrogen) atoms. The zero-order chi connectivity index (χ0) is 21.5. The van der Waals surface area contributed by atoms with Crippen LogP contribution in [0.2, 0.25) is 5.02 Å². The van der Waals surface area contributed by atoms with Crippen LogP contribution in [-0.4, -0.2) is 27.8 Å². The summed E-state index contributed by atoms with van der Waals surface area (Å²) in [4.78, 5) is 42.2. The van der Waals surface area contributed by atoms with Crippen LogP contribution in [0.4, 0.5) is 0 Å². The smallest absolute Gasteiger partial charge is 0.254 e. The number of rotatable bonds is 9. The van der Waals surface area contributed by atoms with Gasteiger partial charge in [-0.3, -0.25) is 19.0 Å². The Morgan fingerprint density at radius 1 is 1.23 bits per heavy atom. The molecule has 1 fully saturated rings. The van der Waals surface area contributed by atoms with Crippen molar-refractivity contribution in [3.05, 3.63) is 51.5 Å². The van der Waals surface area contributed by atoms with Crippen LogP contribution in [0.1, 0.15) is 51.3 Å². The van der Waals surface area contributed by atoms with Gasteiger partial charge in [-0.05, 0) is 31.4 Å². The molecule has 2 heterocycles. The highest BCUT2D eigenvalue weighted by molar-refractivity contribution is 6.30. The average molecular weight is 430 g/mol. The van der Waals surface area contributed by atoms with Crippen LogP contribution in [0, 0.1) is 5.92 Å². The van der Waals surface area contributed by atoms with Crippen LogP contribution in [0.25, 0.3) is 11.3 Å². The minimum atomic E-state index is -0.299. The highest BCUT2D eigenvalue weighted by Gasteiger charge is 2.25. The highest BCUT2D eigenvalue weighted by atomic mass is 35.5. The van der Waals surface area contributed by atoms with Gasteiger partial charge in [-0.1, -0.05) is 43.5 Å². The maximum Gasteiger partial charge on any atom is 0.254 e. The largest absolute Gasteiger partial charge is 0.356 e. The standard InChI is InChI=1S/C23H28ClN3O3/c1-2-3-4-7-21-26-20(16-8-10-18(24)11-9-16)14-22(29)27(21)15-19(28)13-17-6-5-12-25-23(17)30/h8-11,14,17H,2-7,12-13,15H2,1H3,(H,25,30). The monoisotopic (exact) mass is 429 g/mol. The molecule has 1 atom stereocenters. The number of carbonyl (C=O) groups excluding carboxylic acids is 2. The van der Waals surface area contributed by atoms with Crippen LogP contribution in [0.5, 0.6) is 0 Å². The second-order valence-corrected chi connectivity index (χ2v) is 8.26. The highest BCUT2D eigenvalue weighted by Crippen LogP contribution is 2.20. The fraction of sp³-hybridized carbons (Fsp3) is 0.478. The summed E-state index contributed by atoms with van der Waals surface area (Å²) in [5.41, 5.74) is 1.15. The fourth-order valence-corrected chi connectivity index (χ4v) is 3.89. The van der Waals surface area contributed by atoms with Gasteiger partial charge >= 0.3 is 0 Å². The lowest BCUT2D eigenvalue weighted by Gasteiger charge is -2.21. The maximum absolute atomic E-state index is 12.9. The van der Waals surface area contributed by atoms with Crippen molar-refractivity contribution in [2.75, 3.05) is 6.54 Å². The molecule has 3 rings (SSSR count). The number of carbonyl (C=O) groups is 2. The number of aromatic nitrogens is 2. The van der Waals surface area contributed by atoms with Gasteiger partial charge in [0.15, 0.2) is 5.78 Å². The van der Waals surface area contributed by atoms with Crippen molar-refractivity contribution in [2.45, 2.75) is 58.4 Å². The first-order valence-corrected chi connectivity index (χ1v) is 11.0. The Bertz CT molecular complexity index is 953. The van der Waals surface area contributed by atoms with Crippen LogP contribution >= 0.6 is 11.6 Å². The number of piperidine rings is 1. The Balaban J connectivity index is 1.84. The number of halogens is 1. The first kappa shape index (κ1) is 22.2. The molecule has 1 aromatic heterocycles. The molecule has 7 heteroatoms. The van der Waals surface area contributed by atoms with Crippen molar-refractivity contribution in [3.63, 3.8) is 0 Å². The molecule has 1 aliphatic heterocycles. The summed E-state index contributed by atoms with van der Waals surface area (Å²) in [6.07, 6.45) is 5.35. The van der Waals surface area contributed by atoms with Crippen molar-refractivity contribution in [1.82, 2.24) is 14.9 Å². The van der Waals surface area contributed by atoms with Gasteiger partial charge in [0, 0.05) is 42.0 Å². The quantitative estimate of drug-likeness (QED) is 0.615. The number of hydrogen-bond donors (Lipinski definition) is 1. The molecule has 1 unspecified atom stereocenters. The SMILES string of the molecule is CCCCCc1nc(-c2ccc(Cl)cc2)cc(=O)n1CC(=O)CC1CCCNC1=O. The summed E-state index contributed by atoms with van der Waals surface area (Å²) in [7, 11) is 0. The van der Waals surface area contributed by atoms with Gasteiger partial charge in [0.1, 0.15) is 5.82 Å². The third-order valence-electron chi connectivity index (χ3n) is 5.44. The van der Waals surface area contributed by atoms with E-state index in [0.717, 1.165) is 31.2 Å². The molecule has 2 aromatic rings. The van der Waals surface area contributed by atoms with Crippen LogP contribution in [0.3, 0.4) is 0 Å². The summed E-state index contributed by atoms with van der Waals surface area (Å²) in [5, 5.41) is 3.42. The van der Waals surface area contributed by atoms with Gasteiger partial charge in [0.05, 0.1) is 12.2 Å². The lowest BCUT2D eigenvalue weighted by Crippen LogP contribution is -2.38. The number of amides is 1. The van der Waals surface area contributed by atoms with Gasteiger partial charge in [-0.15, -0.1) is 0 Å². The van der Waals surface area contributed by atoms with Gasteiger partial charge in [0.2, 0.25) is 5.91 Å². The third kappa shape index (κ3) is 5.79. The molecule has 0 aliphatic carbocycles. The molecule has 0 bridgehead atoms. The number of benzene rings is 1. The summed E-state index contributed by atoms with van der Waals surface area (Å²) >= 11 is 5.97. The summed E-state index contributed by atoms with van der Waals surface area (Å²) in [5.74, 6) is 0.132. The van der Waals surface area contributed by atoms with E-state index in [1.165, 1.54) is 10.6 Å². The number of hydrogen-bond acceptors (Lipinski definition) is 4. The topological polar surface area (TPSA) is 81.1 Å². The maximum atomic E-state index is 12.9. The molecule has 0 radical (unpaired) electrons. The number of nitrogens with zero attached hydrogens (tertiary/aromatic N) is 2. The Hall–Kier alpha value is -2.47. The lowest BCUT2D eigenvalue weighted by atomic mass is 9.93. The zero-order valence-electron chi connectivity index (χ0n) is 17.3. The molecule has 1 aliphatic rings. The minimum Gasteiger partial charge on any atom is -0.356 e. The molecule has 1 saturated heterocycles. The molecule has 1 aromatic carbocycles. The molecule has 0 spiro atoms. The van der Waals surface area contributed by atoms with E-state index in [9.17, 15) is 14.4 Å². The van der Waals surface area contributed by atoms with Gasteiger partial charge in [-0.2, -0.15) is 0 Å². The Kier molecular flexibility index (Phi) is 7.80. The summed E-state index contributed by atoms with van der Waals surface area (Å²) in [6, 6.07) is 8.65. The number of nitrogens with one attached hydrogen (secondary N) is 1. The predicted molar refractivity (Wildman–Crippen MR) is 118 cm³/mol. The van der Waals surface area contributed by atoms with Crippen molar-refractivity contribution in [3.8, 4) is 11.3 Å². The van der Waals surface area contributed by atoms with E-state index in [-0.39, 0.29) is 36.1 Å². The van der Waals surface area contributed by atoms with E-state index in [1.807, 2.05) is 12.1 Å². The second kappa shape index (κ2) is 10.5. The fourth-order valence-electron chi connectivity index (χ4n) is 3.76. The van der Waals surface area contributed by atoms with E-state index in [4.69, 9.17) is 16.6 Å². The van der Waals surface area contributed by atoms with E-state index >= 15 is 0 Å². The molecule has 1 N–H and O–H groups in total. The minimum absolute atomic E-state index is 0.0437. The molecular formula is C23H28ClN3O3. The Labute approximate surface area is 181 Å². The van der Waals surface area contributed by atoms with Gasteiger partial charge in [-0.25, -0.2) is 4.98 Å². The third-order valence-corrected chi connectivity index (χ3v) is 5.69. The van der Waals surface area contributed by atoms with Crippen LogP contribution in [0.15, 0.2) is 35.1 Å². The molecule has 6 nitrogen and oxygen atoms in total. The van der Waals surface area contributed by atoms with Crippen molar-refractivity contribution >= 4 is 23.3 Å². The second-order valence-electron chi connectivity index (χ2n) is 7.82. The molecule has 160 valence electrons. The van der Waals surface area contributed by atoms with E-state index in [0.29, 0.717) is 35.9 Å². The summed E-state index contributed by atoms with van der Waals surface area (Å²) in [6.45, 7) is 2.74. The molecule has 0 saturated carbocycles. The Morgan fingerprint density at radius 3 is 2.70 bits per heavy atom. The average Bonchev–Trinajstić information content (AvgIpc) is 2.72. The van der Waals surface area contributed by atoms with Crippen molar-refractivity contribution in [2.24, 2.45) is 5.92 Å². The van der Waals surface area contributed by atoms with Gasteiger partial charge < -0.3 is 5.32 Å². The predicted octanol–water partition coefficient (Wildman–Crippen LogP) is 3.78. The van der Waals surface area contributed by atoms with E-state index in [1.54, 1.807) is 12.1 Å². The van der Waals surface area contributed by atoms with Crippen molar-refractivity contribution in [1.29, 1.82) is 0 Å². The number of aryl methyl sites for hydroxylation is 1. The van der Waals surface area contributed by atoms with Gasteiger partial charge in [0.25, 0.3) is 5.56 Å². The number of ketones is 1. The number of Topliss-reactive ketones (excluding diaryl/α,β-unsaturated/α-hetero) is 1.